The van der Waals surface area contributed by atoms with E-state index >= 15 is 0 Å². The molecule has 84 valence electrons. The fraction of sp³-hybridized carbons (Fsp3) is 0.538. The van der Waals surface area contributed by atoms with Crippen LogP contribution in [-0.4, -0.2) is 12.2 Å². The molecule has 0 aliphatic carbocycles. The van der Waals surface area contributed by atoms with Crippen molar-refractivity contribution in [3.63, 3.8) is 0 Å². The maximum absolute atomic E-state index is 10.3. The van der Waals surface area contributed by atoms with Crippen molar-refractivity contribution in [2.45, 2.75) is 39.2 Å². The average molecular weight is 208 g/mol. The lowest BCUT2D eigenvalue weighted by Gasteiger charge is -2.25. The smallest absolute Gasteiger partial charge is 0.119 e. The topological polar surface area (TPSA) is 29.5 Å². The zero-order valence-corrected chi connectivity index (χ0v) is 10.0. The molecule has 0 amide bonds. The quantitative estimate of drug-likeness (QED) is 0.824. The van der Waals surface area contributed by atoms with Crippen LogP contribution in [0.3, 0.4) is 0 Å². The van der Waals surface area contributed by atoms with Crippen molar-refractivity contribution >= 4 is 0 Å². The molecule has 0 bridgehead atoms. The maximum atomic E-state index is 10.3. The summed E-state index contributed by atoms with van der Waals surface area (Å²) >= 11 is 0. The van der Waals surface area contributed by atoms with Crippen LogP contribution in [0.4, 0.5) is 0 Å². The number of rotatable bonds is 4. The molecule has 1 N–H and O–H groups in total. The van der Waals surface area contributed by atoms with Crippen molar-refractivity contribution in [3.8, 4) is 5.75 Å². The van der Waals surface area contributed by atoms with Crippen LogP contribution in [0.5, 0.6) is 5.75 Å². The van der Waals surface area contributed by atoms with E-state index in [4.69, 9.17) is 4.74 Å². The fourth-order valence-corrected chi connectivity index (χ4v) is 1.99. The van der Waals surface area contributed by atoms with Gasteiger partial charge >= 0.3 is 0 Å². The minimum absolute atomic E-state index is 0.731. The first-order chi connectivity index (χ1) is 7.01. The van der Waals surface area contributed by atoms with E-state index in [1.54, 1.807) is 7.11 Å². The minimum atomic E-state index is -0.731. The van der Waals surface area contributed by atoms with Crippen molar-refractivity contribution in [1.29, 1.82) is 0 Å². The first kappa shape index (κ1) is 12.1. The second-order valence-electron chi connectivity index (χ2n) is 4.20. The highest BCUT2D eigenvalue weighted by Crippen LogP contribution is 2.30. The van der Waals surface area contributed by atoms with Crippen molar-refractivity contribution in [2.75, 3.05) is 7.11 Å². The molecule has 0 aliphatic heterocycles. The molecule has 0 aliphatic rings. The van der Waals surface area contributed by atoms with Gasteiger partial charge in [0, 0.05) is 0 Å². The summed E-state index contributed by atoms with van der Waals surface area (Å²) in [5, 5.41) is 10.3. The van der Waals surface area contributed by atoms with Gasteiger partial charge in [0.05, 0.1) is 12.7 Å². The Morgan fingerprint density at radius 2 is 2.07 bits per heavy atom. The Kier molecular flexibility index (Phi) is 3.75. The van der Waals surface area contributed by atoms with Crippen LogP contribution < -0.4 is 4.74 Å². The van der Waals surface area contributed by atoms with Crippen LogP contribution in [0.15, 0.2) is 18.2 Å². The van der Waals surface area contributed by atoms with E-state index in [1.165, 1.54) is 0 Å². The molecule has 15 heavy (non-hydrogen) atoms. The maximum Gasteiger partial charge on any atom is 0.119 e. The monoisotopic (exact) mass is 208 g/mol. The van der Waals surface area contributed by atoms with Gasteiger partial charge in [-0.2, -0.15) is 0 Å². The van der Waals surface area contributed by atoms with Gasteiger partial charge in [-0.3, -0.25) is 0 Å². The van der Waals surface area contributed by atoms with Gasteiger partial charge in [-0.15, -0.1) is 0 Å². The second kappa shape index (κ2) is 4.67. The van der Waals surface area contributed by atoms with E-state index < -0.39 is 5.60 Å². The van der Waals surface area contributed by atoms with Crippen molar-refractivity contribution < 1.29 is 9.84 Å². The summed E-state index contributed by atoms with van der Waals surface area (Å²) < 4.78 is 5.14. The minimum Gasteiger partial charge on any atom is -0.497 e. The molecule has 2 heteroatoms. The molecule has 0 radical (unpaired) electrons. The predicted molar refractivity (Wildman–Crippen MR) is 62.2 cm³/mol. The fourth-order valence-electron chi connectivity index (χ4n) is 1.99. The number of aryl methyl sites for hydroxylation is 1. The Morgan fingerprint density at radius 1 is 1.40 bits per heavy atom. The van der Waals surface area contributed by atoms with Gasteiger partial charge in [0.2, 0.25) is 0 Å². The molecule has 0 saturated heterocycles. The van der Waals surface area contributed by atoms with Crippen molar-refractivity contribution in [1.82, 2.24) is 0 Å². The molecule has 1 aromatic rings. The molecular weight excluding hydrogens is 188 g/mol. The Balaban J connectivity index is 3.04. The summed E-state index contributed by atoms with van der Waals surface area (Å²) in [6.45, 7) is 5.95. The molecule has 1 rings (SSSR count). The third kappa shape index (κ3) is 2.72. The Labute approximate surface area is 91.9 Å². The normalized spacial score (nSPS) is 14.7. The molecule has 1 atom stereocenters. The van der Waals surface area contributed by atoms with Crippen LogP contribution in [0.1, 0.15) is 37.8 Å². The SMILES string of the molecule is CCC[C@@](C)(O)c1ccc(OC)cc1C. The van der Waals surface area contributed by atoms with E-state index in [0.29, 0.717) is 0 Å². The predicted octanol–water partition coefficient (Wildman–Crippen LogP) is 3.01. The van der Waals surface area contributed by atoms with Gasteiger partial charge in [-0.25, -0.2) is 0 Å². The summed E-state index contributed by atoms with van der Waals surface area (Å²) in [6.07, 6.45) is 1.75. The molecule has 0 fully saturated rings. The summed E-state index contributed by atoms with van der Waals surface area (Å²) in [5.74, 6) is 0.837. The first-order valence-corrected chi connectivity index (χ1v) is 5.38. The molecule has 0 spiro atoms. The van der Waals surface area contributed by atoms with Crippen molar-refractivity contribution in [3.05, 3.63) is 29.3 Å². The Hall–Kier alpha value is -1.02. The summed E-state index contributed by atoms with van der Waals surface area (Å²) in [4.78, 5) is 0. The molecule has 2 nitrogen and oxygen atoms in total. The average Bonchev–Trinajstić information content (AvgIpc) is 2.17. The van der Waals surface area contributed by atoms with Crippen LogP contribution >= 0.6 is 0 Å². The van der Waals surface area contributed by atoms with Gasteiger partial charge < -0.3 is 9.84 Å². The van der Waals surface area contributed by atoms with E-state index in [1.807, 2.05) is 32.0 Å². The molecular formula is C13H20O2. The number of methoxy groups -OCH3 is 1. The largest absolute Gasteiger partial charge is 0.497 e. The number of ether oxygens (including phenoxy) is 1. The van der Waals surface area contributed by atoms with Crippen LogP contribution in [0.2, 0.25) is 0 Å². The number of hydrogen-bond acceptors (Lipinski definition) is 2. The number of hydrogen-bond donors (Lipinski definition) is 1. The zero-order chi connectivity index (χ0) is 11.5. The van der Waals surface area contributed by atoms with Crippen molar-refractivity contribution in [2.24, 2.45) is 0 Å². The van der Waals surface area contributed by atoms with Gasteiger partial charge in [0.1, 0.15) is 5.75 Å². The molecule has 0 heterocycles. The van der Waals surface area contributed by atoms with Gasteiger partial charge in [-0.1, -0.05) is 19.4 Å². The van der Waals surface area contributed by atoms with Gasteiger partial charge in [0.25, 0.3) is 0 Å². The lowest BCUT2D eigenvalue weighted by molar-refractivity contribution is 0.0463. The van der Waals surface area contributed by atoms with E-state index in [-0.39, 0.29) is 0 Å². The lowest BCUT2D eigenvalue weighted by atomic mass is 9.88. The van der Waals surface area contributed by atoms with E-state index in [0.717, 1.165) is 29.7 Å². The number of benzene rings is 1. The van der Waals surface area contributed by atoms with Crippen LogP contribution in [0.25, 0.3) is 0 Å². The molecule has 0 aromatic heterocycles. The first-order valence-electron chi connectivity index (χ1n) is 5.38. The van der Waals surface area contributed by atoms with E-state index in [2.05, 4.69) is 6.92 Å². The standard InChI is InChI=1S/C13H20O2/c1-5-8-13(3,14)12-7-6-11(15-4)9-10(12)2/h6-7,9,14H,5,8H2,1-4H3/t13-/m1/s1. The number of aliphatic hydroxyl groups is 1. The van der Waals surface area contributed by atoms with Gasteiger partial charge in [-0.05, 0) is 43.5 Å². The Morgan fingerprint density at radius 3 is 2.53 bits per heavy atom. The molecule has 1 aromatic carbocycles. The van der Waals surface area contributed by atoms with E-state index in [9.17, 15) is 5.11 Å². The zero-order valence-electron chi connectivity index (χ0n) is 10.0. The third-order valence-corrected chi connectivity index (χ3v) is 2.75. The lowest BCUT2D eigenvalue weighted by Crippen LogP contribution is -2.21. The summed E-state index contributed by atoms with van der Waals surface area (Å²) in [6, 6.07) is 5.80. The van der Waals surface area contributed by atoms with Crippen LogP contribution in [-0.2, 0) is 5.60 Å². The highest BCUT2D eigenvalue weighted by atomic mass is 16.5. The van der Waals surface area contributed by atoms with Gasteiger partial charge in [0.15, 0.2) is 0 Å². The molecule has 0 saturated carbocycles. The summed E-state index contributed by atoms with van der Waals surface area (Å²) in [5.41, 5.74) is 1.34. The highest BCUT2D eigenvalue weighted by Gasteiger charge is 2.23. The molecule has 0 unspecified atom stereocenters. The second-order valence-corrected chi connectivity index (χ2v) is 4.20. The summed E-state index contributed by atoms with van der Waals surface area (Å²) in [7, 11) is 1.65. The Bertz CT molecular complexity index is 329. The highest BCUT2D eigenvalue weighted by molar-refractivity contribution is 5.37. The third-order valence-electron chi connectivity index (χ3n) is 2.75. The van der Waals surface area contributed by atoms with Crippen LogP contribution in [0, 0.1) is 6.92 Å².